The molecule has 3 heteroatoms. The summed E-state index contributed by atoms with van der Waals surface area (Å²) in [4.78, 5) is 0. The van der Waals surface area contributed by atoms with E-state index >= 15 is 0 Å². The first-order chi connectivity index (χ1) is 7.20. The summed E-state index contributed by atoms with van der Waals surface area (Å²) in [5.74, 6) is 6.32. The Bertz CT molecular complexity index is 380. The maximum atomic E-state index is 5.41. The minimum atomic E-state index is 0.709. The number of hydrogen-bond donors (Lipinski definition) is 1. The maximum absolute atomic E-state index is 5.41. The van der Waals surface area contributed by atoms with E-state index in [1.54, 1.807) is 0 Å². The molecular formula is C12H19N3. The highest BCUT2D eigenvalue weighted by Crippen LogP contribution is 2.11. The zero-order valence-electron chi connectivity index (χ0n) is 9.80. The summed E-state index contributed by atoms with van der Waals surface area (Å²) >= 11 is 0. The van der Waals surface area contributed by atoms with Crippen molar-refractivity contribution < 1.29 is 0 Å². The second-order valence-electron chi connectivity index (χ2n) is 3.56. The molecule has 1 aromatic heterocycles. The Morgan fingerprint density at radius 2 is 2.13 bits per heavy atom. The molecule has 0 bridgehead atoms. The van der Waals surface area contributed by atoms with Crippen molar-refractivity contribution in [3.05, 3.63) is 17.0 Å². The first-order valence-electron chi connectivity index (χ1n) is 5.43. The largest absolute Gasteiger partial charge is 0.330 e. The van der Waals surface area contributed by atoms with E-state index in [2.05, 4.69) is 30.8 Å². The standard InChI is InChI=1S/C12H19N3/c1-4-15-11(3)12(10(2)14-15)8-6-5-7-9-13/h4-5,7,9,13H2,1-3H3. The van der Waals surface area contributed by atoms with Crippen LogP contribution in [0.3, 0.4) is 0 Å². The summed E-state index contributed by atoms with van der Waals surface area (Å²) < 4.78 is 1.99. The third kappa shape index (κ3) is 2.84. The van der Waals surface area contributed by atoms with Gasteiger partial charge in [-0.1, -0.05) is 11.8 Å². The molecule has 0 amide bonds. The maximum Gasteiger partial charge on any atom is 0.0753 e. The topological polar surface area (TPSA) is 43.8 Å². The van der Waals surface area contributed by atoms with Crippen LogP contribution in [0.5, 0.6) is 0 Å². The molecule has 15 heavy (non-hydrogen) atoms. The van der Waals surface area contributed by atoms with E-state index in [1.807, 2.05) is 11.6 Å². The Labute approximate surface area is 91.7 Å². The highest BCUT2D eigenvalue weighted by atomic mass is 15.3. The fraction of sp³-hybridized carbons (Fsp3) is 0.583. The minimum Gasteiger partial charge on any atom is -0.330 e. The van der Waals surface area contributed by atoms with E-state index in [0.717, 1.165) is 36.3 Å². The van der Waals surface area contributed by atoms with Gasteiger partial charge in [-0.25, -0.2) is 0 Å². The molecule has 1 aromatic rings. The lowest BCUT2D eigenvalue weighted by atomic mass is 10.2. The molecule has 0 saturated carbocycles. The molecule has 0 aliphatic carbocycles. The Kier molecular flexibility index (Phi) is 4.38. The zero-order chi connectivity index (χ0) is 11.3. The fourth-order valence-corrected chi connectivity index (χ4v) is 1.53. The van der Waals surface area contributed by atoms with Crippen molar-refractivity contribution in [2.45, 2.75) is 40.2 Å². The predicted molar refractivity (Wildman–Crippen MR) is 62.5 cm³/mol. The van der Waals surface area contributed by atoms with Crippen molar-refractivity contribution in [3.63, 3.8) is 0 Å². The molecule has 0 saturated heterocycles. The van der Waals surface area contributed by atoms with Gasteiger partial charge in [-0.3, -0.25) is 4.68 Å². The van der Waals surface area contributed by atoms with Crippen LogP contribution in [0.15, 0.2) is 0 Å². The van der Waals surface area contributed by atoms with Gasteiger partial charge in [-0.2, -0.15) is 5.10 Å². The Hall–Kier alpha value is -1.27. The van der Waals surface area contributed by atoms with Gasteiger partial charge in [-0.15, -0.1) is 0 Å². The van der Waals surface area contributed by atoms with E-state index in [9.17, 15) is 0 Å². The van der Waals surface area contributed by atoms with Crippen LogP contribution < -0.4 is 5.73 Å². The summed E-state index contributed by atoms with van der Waals surface area (Å²) in [7, 11) is 0. The molecule has 1 rings (SSSR count). The van der Waals surface area contributed by atoms with Gasteiger partial charge in [-0.05, 0) is 33.7 Å². The number of rotatable bonds is 3. The number of aromatic nitrogens is 2. The Morgan fingerprint density at radius 1 is 1.40 bits per heavy atom. The van der Waals surface area contributed by atoms with Crippen LogP contribution in [0.25, 0.3) is 0 Å². The lowest BCUT2D eigenvalue weighted by Gasteiger charge is -1.96. The molecule has 1 heterocycles. The smallest absolute Gasteiger partial charge is 0.0753 e. The number of nitrogens with two attached hydrogens (primary N) is 1. The second-order valence-corrected chi connectivity index (χ2v) is 3.56. The molecule has 0 aliphatic rings. The molecule has 0 radical (unpaired) electrons. The normalized spacial score (nSPS) is 9.87. The summed E-state index contributed by atoms with van der Waals surface area (Å²) in [6.45, 7) is 7.77. The van der Waals surface area contributed by atoms with Crippen LogP contribution in [-0.4, -0.2) is 16.3 Å². The average molecular weight is 205 g/mol. The first kappa shape index (κ1) is 11.8. The number of hydrogen-bond acceptors (Lipinski definition) is 2. The highest BCUT2D eigenvalue weighted by Gasteiger charge is 2.07. The number of aryl methyl sites for hydroxylation is 2. The van der Waals surface area contributed by atoms with Crippen molar-refractivity contribution in [2.24, 2.45) is 5.73 Å². The van der Waals surface area contributed by atoms with Crippen LogP contribution >= 0.6 is 0 Å². The van der Waals surface area contributed by atoms with E-state index in [1.165, 1.54) is 0 Å². The Morgan fingerprint density at radius 3 is 2.67 bits per heavy atom. The van der Waals surface area contributed by atoms with E-state index in [-0.39, 0.29) is 0 Å². The van der Waals surface area contributed by atoms with Gasteiger partial charge in [0.25, 0.3) is 0 Å². The van der Waals surface area contributed by atoms with Gasteiger partial charge in [0, 0.05) is 13.0 Å². The monoisotopic (exact) mass is 205 g/mol. The lowest BCUT2D eigenvalue weighted by Crippen LogP contribution is -1.98. The van der Waals surface area contributed by atoms with Crippen molar-refractivity contribution in [2.75, 3.05) is 6.54 Å². The SMILES string of the molecule is CCn1nc(C)c(C#CCCCN)c1C. The number of unbranched alkanes of at least 4 members (excludes halogenated alkanes) is 1. The van der Waals surface area contributed by atoms with Gasteiger partial charge in [0.05, 0.1) is 17.0 Å². The third-order valence-electron chi connectivity index (χ3n) is 2.40. The van der Waals surface area contributed by atoms with E-state index < -0.39 is 0 Å². The van der Waals surface area contributed by atoms with Crippen molar-refractivity contribution >= 4 is 0 Å². The lowest BCUT2D eigenvalue weighted by molar-refractivity contribution is 0.634. The van der Waals surface area contributed by atoms with Crippen LogP contribution in [0, 0.1) is 25.7 Å². The quantitative estimate of drug-likeness (QED) is 0.602. The molecule has 0 spiro atoms. The zero-order valence-corrected chi connectivity index (χ0v) is 9.80. The van der Waals surface area contributed by atoms with E-state index in [4.69, 9.17) is 5.73 Å². The average Bonchev–Trinajstić information content (AvgIpc) is 2.50. The number of nitrogens with zero attached hydrogens (tertiary/aromatic N) is 2. The molecule has 2 N–H and O–H groups in total. The fourth-order valence-electron chi connectivity index (χ4n) is 1.53. The van der Waals surface area contributed by atoms with Gasteiger partial charge in [0.1, 0.15) is 0 Å². The van der Waals surface area contributed by atoms with Crippen molar-refractivity contribution in [3.8, 4) is 11.8 Å². The molecule has 0 aliphatic heterocycles. The second kappa shape index (κ2) is 5.57. The molecule has 0 aromatic carbocycles. The molecule has 82 valence electrons. The van der Waals surface area contributed by atoms with Crippen molar-refractivity contribution in [1.29, 1.82) is 0 Å². The summed E-state index contributed by atoms with van der Waals surface area (Å²) in [5.41, 5.74) is 8.67. The van der Waals surface area contributed by atoms with Crippen molar-refractivity contribution in [1.82, 2.24) is 9.78 Å². The minimum absolute atomic E-state index is 0.709. The molecule has 0 fully saturated rings. The van der Waals surface area contributed by atoms with Crippen LogP contribution in [0.4, 0.5) is 0 Å². The first-order valence-corrected chi connectivity index (χ1v) is 5.43. The van der Waals surface area contributed by atoms with Gasteiger partial charge >= 0.3 is 0 Å². The van der Waals surface area contributed by atoms with E-state index in [0.29, 0.717) is 6.54 Å². The van der Waals surface area contributed by atoms with Gasteiger partial charge in [0.15, 0.2) is 0 Å². The molecule has 0 atom stereocenters. The summed E-state index contributed by atoms with van der Waals surface area (Å²) in [6.07, 6.45) is 1.83. The third-order valence-corrected chi connectivity index (χ3v) is 2.40. The summed E-state index contributed by atoms with van der Waals surface area (Å²) in [5, 5.41) is 4.42. The molecule has 3 nitrogen and oxygen atoms in total. The Balaban J connectivity index is 2.83. The molecule has 0 unspecified atom stereocenters. The highest BCUT2D eigenvalue weighted by molar-refractivity contribution is 5.41. The van der Waals surface area contributed by atoms with Crippen LogP contribution in [-0.2, 0) is 6.54 Å². The van der Waals surface area contributed by atoms with Gasteiger partial charge < -0.3 is 5.73 Å². The van der Waals surface area contributed by atoms with Crippen LogP contribution in [0.1, 0.15) is 36.7 Å². The van der Waals surface area contributed by atoms with Crippen LogP contribution in [0.2, 0.25) is 0 Å². The molecular weight excluding hydrogens is 186 g/mol. The summed E-state index contributed by atoms with van der Waals surface area (Å²) in [6, 6.07) is 0. The van der Waals surface area contributed by atoms with Gasteiger partial charge in [0.2, 0.25) is 0 Å². The predicted octanol–water partition coefficient (Wildman–Crippen LogP) is 1.61.